The number of methoxy groups -OCH3 is 1. The van der Waals surface area contributed by atoms with Gasteiger partial charge in [-0.1, -0.05) is 42.2 Å². The molecule has 1 aliphatic rings. The highest BCUT2D eigenvalue weighted by Gasteiger charge is 2.34. The first kappa shape index (κ1) is 15.6. The Morgan fingerprint density at radius 2 is 2.09 bits per heavy atom. The van der Waals surface area contributed by atoms with Gasteiger partial charge in [0.2, 0.25) is 0 Å². The minimum absolute atomic E-state index is 0.159. The first-order chi connectivity index (χ1) is 11.2. The highest BCUT2D eigenvalue weighted by molar-refractivity contribution is 8.27. The Morgan fingerprint density at radius 1 is 1.26 bits per heavy atom. The zero-order valence-corrected chi connectivity index (χ0v) is 13.9. The van der Waals surface area contributed by atoms with Crippen LogP contribution in [0.3, 0.4) is 0 Å². The van der Waals surface area contributed by atoms with Crippen molar-refractivity contribution >= 4 is 46.0 Å². The van der Waals surface area contributed by atoms with Gasteiger partial charge in [-0.3, -0.25) is 9.69 Å². The van der Waals surface area contributed by atoms with Crippen LogP contribution in [0.5, 0.6) is 5.75 Å². The number of carbonyl (C=O) groups is 1. The summed E-state index contributed by atoms with van der Waals surface area (Å²) in [4.78, 5) is 14.7. The minimum Gasteiger partial charge on any atom is -0.495 e. The number of benzene rings is 1. The molecule has 6 heteroatoms. The molecule has 3 rings (SSSR count). The minimum atomic E-state index is -0.159. The van der Waals surface area contributed by atoms with Gasteiger partial charge in [0, 0.05) is 0 Å². The first-order valence-electron chi connectivity index (χ1n) is 6.82. The van der Waals surface area contributed by atoms with E-state index in [2.05, 4.69) is 0 Å². The third kappa shape index (κ3) is 3.23. The van der Waals surface area contributed by atoms with Crippen molar-refractivity contribution in [2.24, 2.45) is 0 Å². The second-order valence-electron chi connectivity index (χ2n) is 4.59. The topological polar surface area (TPSA) is 42.7 Å². The Balaban J connectivity index is 1.85. The molecule has 23 heavy (non-hydrogen) atoms. The molecule has 0 spiro atoms. The molecule has 1 aliphatic heterocycles. The first-order valence-corrected chi connectivity index (χ1v) is 8.04. The summed E-state index contributed by atoms with van der Waals surface area (Å²) in [5, 5.41) is 0. The van der Waals surface area contributed by atoms with Gasteiger partial charge in [-0.05, 0) is 36.4 Å². The molecule has 0 bridgehead atoms. The third-order valence-electron chi connectivity index (χ3n) is 3.17. The number of para-hydroxylation sites is 2. The lowest BCUT2D eigenvalue weighted by molar-refractivity contribution is -0.113. The van der Waals surface area contributed by atoms with Crippen LogP contribution in [0.4, 0.5) is 5.69 Å². The number of carbonyl (C=O) groups excluding carboxylic acids is 1. The Labute approximate surface area is 143 Å². The summed E-state index contributed by atoms with van der Waals surface area (Å²) in [6, 6.07) is 10.9. The Bertz CT molecular complexity index is 794. The number of rotatable bonds is 4. The van der Waals surface area contributed by atoms with Crippen LogP contribution < -0.4 is 9.64 Å². The molecule has 116 valence electrons. The van der Waals surface area contributed by atoms with Crippen molar-refractivity contribution in [3.05, 3.63) is 65.5 Å². The molecule has 0 radical (unpaired) electrons. The molecule has 1 saturated heterocycles. The van der Waals surface area contributed by atoms with E-state index in [4.69, 9.17) is 21.4 Å². The fraction of sp³-hybridized carbons (Fsp3) is 0.0588. The van der Waals surface area contributed by atoms with E-state index < -0.39 is 0 Å². The molecular weight excluding hydrogens is 330 g/mol. The van der Waals surface area contributed by atoms with E-state index in [1.54, 1.807) is 43.7 Å². The number of furan rings is 1. The summed E-state index contributed by atoms with van der Waals surface area (Å²) >= 11 is 6.61. The quantitative estimate of drug-likeness (QED) is 0.613. The number of thiocarbonyl (C=S) groups is 1. The van der Waals surface area contributed by atoms with Crippen molar-refractivity contribution in [1.82, 2.24) is 0 Å². The van der Waals surface area contributed by atoms with E-state index in [1.807, 2.05) is 24.3 Å². The molecule has 0 saturated carbocycles. The van der Waals surface area contributed by atoms with Crippen molar-refractivity contribution in [1.29, 1.82) is 0 Å². The lowest BCUT2D eigenvalue weighted by atomic mass is 10.2. The monoisotopic (exact) mass is 343 g/mol. The normalized spacial score (nSPS) is 16.7. The van der Waals surface area contributed by atoms with Gasteiger partial charge in [0.15, 0.2) is 4.32 Å². The van der Waals surface area contributed by atoms with Crippen molar-refractivity contribution in [3.8, 4) is 5.75 Å². The molecule has 0 N–H and O–H groups in total. The predicted molar refractivity (Wildman–Crippen MR) is 96.5 cm³/mol. The third-order valence-corrected chi connectivity index (χ3v) is 4.49. The Kier molecular flexibility index (Phi) is 4.64. The van der Waals surface area contributed by atoms with Crippen LogP contribution >= 0.6 is 24.0 Å². The number of thioether (sulfide) groups is 1. The number of amides is 1. The van der Waals surface area contributed by atoms with Crippen molar-refractivity contribution < 1.29 is 13.9 Å². The Morgan fingerprint density at radius 3 is 2.83 bits per heavy atom. The SMILES string of the molecule is COc1ccccc1N1C(=O)C(=CC=Cc2ccco2)SC1=S. The van der Waals surface area contributed by atoms with Crippen LogP contribution in [0.15, 0.2) is 64.1 Å². The zero-order valence-electron chi connectivity index (χ0n) is 12.3. The summed E-state index contributed by atoms with van der Waals surface area (Å²) in [7, 11) is 1.57. The number of allylic oxidation sites excluding steroid dienone is 2. The van der Waals surface area contributed by atoms with Crippen molar-refractivity contribution in [2.75, 3.05) is 12.0 Å². The molecule has 1 amide bonds. The van der Waals surface area contributed by atoms with Crippen LogP contribution in [0, 0.1) is 0 Å². The molecule has 2 heterocycles. The lowest BCUT2D eigenvalue weighted by Crippen LogP contribution is -2.27. The van der Waals surface area contributed by atoms with Crippen LogP contribution in [0.1, 0.15) is 5.76 Å². The van der Waals surface area contributed by atoms with E-state index in [1.165, 1.54) is 16.7 Å². The van der Waals surface area contributed by atoms with Crippen LogP contribution in [0.25, 0.3) is 6.08 Å². The van der Waals surface area contributed by atoms with Gasteiger partial charge in [-0.25, -0.2) is 0 Å². The fourth-order valence-electron chi connectivity index (χ4n) is 2.12. The van der Waals surface area contributed by atoms with E-state index in [-0.39, 0.29) is 5.91 Å². The van der Waals surface area contributed by atoms with Gasteiger partial charge >= 0.3 is 0 Å². The van der Waals surface area contributed by atoms with Crippen LogP contribution in [-0.2, 0) is 4.79 Å². The van der Waals surface area contributed by atoms with Crippen molar-refractivity contribution in [2.45, 2.75) is 0 Å². The molecule has 2 aromatic rings. The van der Waals surface area contributed by atoms with Gasteiger partial charge in [0.25, 0.3) is 5.91 Å². The molecule has 4 nitrogen and oxygen atoms in total. The maximum atomic E-state index is 12.6. The average molecular weight is 343 g/mol. The Hall–Kier alpha value is -2.31. The van der Waals surface area contributed by atoms with Gasteiger partial charge in [0.1, 0.15) is 11.5 Å². The van der Waals surface area contributed by atoms with E-state index in [0.29, 0.717) is 20.7 Å². The molecule has 1 aromatic carbocycles. The number of hydrogen-bond donors (Lipinski definition) is 0. The van der Waals surface area contributed by atoms with E-state index in [0.717, 1.165) is 5.76 Å². The molecule has 1 aromatic heterocycles. The van der Waals surface area contributed by atoms with Crippen LogP contribution in [-0.4, -0.2) is 17.3 Å². The molecule has 1 fully saturated rings. The van der Waals surface area contributed by atoms with Gasteiger partial charge < -0.3 is 9.15 Å². The standard InChI is InChI=1S/C17H13NO3S2/c1-20-14-9-3-2-8-13(14)18-16(19)15(23-17(18)22)10-4-6-12-7-5-11-21-12/h2-11H,1H3. The lowest BCUT2D eigenvalue weighted by Gasteiger charge is -2.17. The zero-order chi connectivity index (χ0) is 16.2. The summed E-state index contributed by atoms with van der Waals surface area (Å²) < 4.78 is 11.0. The average Bonchev–Trinajstić information content (AvgIpc) is 3.16. The summed E-state index contributed by atoms with van der Waals surface area (Å²) in [5.41, 5.74) is 0.649. The van der Waals surface area contributed by atoms with Gasteiger partial charge in [-0.2, -0.15) is 0 Å². The maximum absolute atomic E-state index is 12.6. The summed E-state index contributed by atoms with van der Waals surface area (Å²) in [6.45, 7) is 0. The largest absolute Gasteiger partial charge is 0.495 e. The van der Waals surface area contributed by atoms with Crippen LogP contribution in [0.2, 0.25) is 0 Å². The number of anilines is 1. The van der Waals surface area contributed by atoms with E-state index >= 15 is 0 Å². The number of nitrogens with zero attached hydrogens (tertiary/aromatic N) is 1. The number of ether oxygens (including phenoxy) is 1. The summed E-state index contributed by atoms with van der Waals surface area (Å²) in [6.07, 6.45) is 6.89. The summed E-state index contributed by atoms with van der Waals surface area (Å²) in [5.74, 6) is 1.17. The number of hydrogen-bond acceptors (Lipinski definition) is 5. The second-order valence-corrected chi connectivity index (χ2v) is 6.26. The van der Waals surface area contributed by atoms with Gasteiger partial charge in [-0.15, -0.1) is 0 Å². The van der Waals surface area contributed by atoms with Crippen molar-refractivity contribution in [3.63, 3.8) is 0 Å². The van der Waals surface area contributed by atoms with Gasteiger partial charge in [0.05, 0.1) is 24.0 Å². The molecular formula is C17H13NO3S2. The predicted octanol–water partition coefficient (Wildman–Crippen LogP) is 4.25. The smallest absolute Gasteiger partial charge is 0.270 e. The second kappa shape index (κ2) is 6.85. The van der Waals surface area contributed by atoms with E-state index in [9.17, 15) is 4.79 Å². The maximum Gasteiger partial charge on any atom is 0.270 e. The highest BCUT2D eigenvalue weighted by Crippen LogP contribution is 2.38. The fourth-order valence-corrected chi connectivity index (χ4v) is 3.36. The highest BCUT2D eigenvalue weighted by atomic mass is 32.2. The molecule has 0 aliphatic carbocycles. The molecule has 0 atom stereocenters. The molecule has 0 unspecified atom stereocenters.